The molecule has 4 heteroatoms. The fourth-order valence-electron chi connectivity index (χ4n) is 1.35. The van der Waals surface area contributed by atoms with Crippen LogP contribution in [-0.4, -0.2) is 13.0 Å². The maximum absolute atomic E-state index is 11.1. The molecule has 2 N–H and O–H groups in total. The van der Waals surface area contributed by atoms with Gasteiger partial charge in [-0.05, 0) is 30.5 Å². The van der Waals surface area contributed by atoms with Gasteiger partial charge in [-0.3, -0.25) is 10.2 Å². The monoisotopic (exact) mass is 270 g/mol. The van der Waals surface area contributed by atoms with Gasteiger partial charge in [-0.2, -0.15) is 0 Å². The Labute approximate surface area is 98.4 Å². The van der Waals surface area contributed by atoms with Crippen molar-refractivity contribution in [2.75, 3.05) is 7.05 Å². The molecule has 0 saturated heterocycles. The number of benzene rings is 1. The zero-order valence-electron chi connectivity index (χ0n) is 8.72. The van der Waals surface area contributed by atoms with Crippen LogP contribution in [0.5, 0.6) is 0 Å². The van der Waals surface area contributed by atoms with Gasteiger partial charge in [0.25, 0.3) is 0 Å². The minimum Gasteiger partial charge on any atom is -0.292 e. The lowest BCUT2D eigenvalue weighted by molar-refractivity contribution is -0.122. The molecular formula is C11H15BrN2O. The normalized spacial score (nSPS) is 10.0. The number of halogens is 1. The van der Waals surface area contributed by atoms with Crippen molar-refractivity contribution in [2.45, 2.75) is 19.3 Å². The summed E-state index contributed by atoms with van der Waals surface area (Å²) in [6.45, 7) is 0. The summed E-state index contributed by atoms with van der Waals surface area (Å²) in [5.41, 5.74) is 6.41. The molecule has 3 nitrogen and oxygen atoms in total. The maximum Gasteiger partial charge on any atom is 0.234 e. The first-order valence-electron chi connectivity index (χ1n) is 4.92. The molecule has 0 atom stereocenters. The first-order chi connectivity index (χ1) is 7.22. The maximum atomic E-state index is 11.1. The lowest BCUT2D eigenvalue weighted by atomic mass is 10.1. The van der Waals surface area contributed by atoms with Gasteiger partial charge in [0, 0.05) is 17.9 Å². The number of hydrazine groups is 1. The molecular weight excluding hydrogens is 256 g/mol. The summed E-state index contributed by atoms with van der Waals surface area (Å²) in [5, 5.41) is 0. The molecule has 1 aromatic rings. The quantitative estimate of drug-likeness (QED) is 0.804. The third-order valence-corrected chi connectivity index (χ3v) is 2.52. The number of nitrogens with one attached hydrogen (secondary N) is 2. The van der Waals surface area contributed by atoms with Gasteiger partial charge in [-0.25, -0.2) is 5.43 Å². The van der Waals surface area contributed by atoms with E-state index in [0.717, 1.165) is 17.3 Å². The van der Waals surface area contributed by atoms with E-state index in [-0.39, 0.29) is 5.91 Å². The third-order valence-electron chi connectivity index (χ3n) is 2.02. The largest absolute Gasteiger partial charge is 0.292 e. The number of carbonyl (C=O) groups excluding carboxylic acids is 1. The Balaban J connectivity index is 2.28. The summed E-state index contributed by atoms with van der Waals surface area (Å²) in [7, 11) is 1.69. The Kier molecular flexibility index (Phi) is 5.36. The molecule has 0 bridgehead atoms. The summed E-state index contributed by atoms with van der Waals surface area (Å²) in [5.74, 6) is 0.0347. The second-order valence-corrected chi connectivity index (χ2v) is 4.20. The molecule has 0 heterocycles. The SMILES string of the molecule is CNNC(=O)CCCc1cccc(Br)c1. The topological polar surface area (TPSA) is 41.1 Å². The number of rotatable bonds is 5. The highest BCUT2D eigenvalue weighted by Crippen LogP contribution is 2.13. The Morgan fingerprint density at radius 1 is 1.47 bits per heavy atom. The first kappa shape index (κ1) is 12.2. The van der Waals surface area contributed by atoms with Crippen LogP contribution in [-0.2, 0) is 11.2 Å². The van der Waals surface area contributed by atoms with Crippen LogP contribution in [0.2, 0.25) is 0 Å². The van der Waals surface area contributed by atoms with Gasteiger partial charge < -0.3 is 0 Å². The van der Waals surface area contributed by atoms with E-state index in [0.29, 0.717) is 6.42 Å². The van der Waals surface area contributed by atoms with E-state index in [9.17, 15) is 4.79 Å². The van der Waals surface area contributed by atoms with Crippen LogP contribution in [0.25, 0.3) is 0 Å². The molecule has 0 aliphatic carbocycles. The molecule has 0 fully saturated rings. The standard InChI is InChI=1S/C11H15BrN2O/c1-13-14-11(15)7-3-5-9-4-2-6-10(12)8-9/h2,4,6,8,13H,3,5,7H2,1H3,(H,14,15). The van der Waals surface area contributed by atoms with Crippen molar-refractivity contribution in [1.82, 2.24) is 10.9 Å². The fourth-order valence-corrected chi connectivity index (χ4v) is 1.79. The second kappa shape index (κ2) is 6.58. The number of aryl methyl sites for hydroxylation is 1. The van der Waals surface area contributed by atoms with E-state index in [1.54, 1.807) is 7.05 Å². The van der Waals surface area contributed by atoms with Crippen LogP contribution < -0.4 is 10.9 Å². The number of hydrogen-bond donors (Lipinski definition) is 2. The van der Waals surface area contributed by atoms with E-state index in [1.807, 2.05) is 12.1 Å². The van der Waals surface area contributed by atoms with Gasteiger partial charge >= 0.3 is 0 Å². The molecule has 1 rings (SSSR count). The van der Waals surface area contributed by atoms with Crippen LogP contribution in [0.15, 0.2) is 28.7 Å². The Morgan fingerprint density at radius 3 is 2.93 bits per heavy atom. The van der Waals surface area contributed by atoms with Crippen LogP contribution in [0.4, 0.5) is 0 Å². The van der Waals surface area contributed by atoms with E-state index >= 15 is 0 Å². The lowest BCUT2D eigenvalue weighted by Crippen LogP contribution is -2.33. The van der Waals surface area contributed by atoms with Crippen molar-refractivity contribution in [3.63, 3.8) is 0 Å². The zero-order chi connectivity index (χ0) is 11.1. The van der Waals surface area contributed by atoms with Crippen molar-refractivity contribution in [3.05, 3.63) is 34.3 Å². The molecule has 1 amide bonds. The third kappa shape index (κ3) is 4.95. The number of carbonyl (C=O) groups is 1. The predicted octanol–water partition coefficient (Wildman–Crippen LogP) is 2.02. The predicted molar refractivity (Wildman–Crippen MR) is 64.3 cm³/mol. The van der Waals surface area contributed by atoms with Crippen molar-refractivity contribution >= 4 is 21.8 Å². The van der Waals surface area contributed by atoms with Crippen molar-refractivity contribution in [2.24, 2.45) is 0 Å². The smallest absolute Gasteiger partial charge is 0.234 e. The van der Waals surface area contributed by atoms with Gasteiger partial charge in [0.15, 0.2) is 0 Å². The molecule has 0 aliphatic heterocycles. The molecule has 0 aromatic heterocycles. The van der Waals surface area contributed by atoms with Gasteiger partial charge in [-0.1, -0.05) is 28.1 Å². The highest BCUT2D eigenvalue weighted by Gasteiger charge is 2.00. The molecule has 0 spiro atoms. The molecule has 0 saturated carbocycles. The van der Waals surface area contributed by atoms with Gasteiger partial charge in [0.05, 0.1) is 0 Å². The average Bonchev–Trinajstić information content (AvgIpc) is 2.18. The van der Waals surface area contributed by atoms with Crippen LogP contribution in [0, 0.1) is 0 Å². The van der Waals surface area contributed by atoms with E-state index in [2.05, 4.69) is 38.9 Å². The molecule has 82 valence electrons. The van der Waals surface area contributed by atoms with Crippen molar-refractivity contribution < 1.29 is 4.79 Å². The van der Waals surface area contributed by atoms with Crippen molar-refractivity contribution in [3.8, 4) is 0 Å². The Morgan fingerprint density at radius 2 is 2.27 bits per heavy atom. The highest BCUT2D eigenvalue weighted by molar-refractivity contribution is 9.10. The second-order valence-electron chi connectivity index (χ2n) is 3.28. The summed E-state index contributed by atoms with van der Waals surface area (Å²) in [6, 6.07) is 8.15. The van der Waals surface area contributed by atoms with E-state index in [4.69, 9.17) is 0 Å². The van der Waals surface area contributed by atoms with Gasteiger partial charge in [0.1, 0.15) is 0 Å². The van der Waals surface area contributed by atoms with E-state index < -0.39 is 0 Å². The number of amides is 1. The Bertz CT molecular complexity index is 328. The minimum absolute atomic E-state index is 0.0347. The zero-order valence-corrected chi connectivity index (χ0v) is 10.3. The van der Waals surface area contributed by atoms with Gasteiger partial charge in [-0.15, -0.1) is 0 Å². The molecule has 0 unspecified atom stereocenters. The minimum atomic E-state index is 0.0347. The average molecular weight is 271 g/mol. The Hall–Kier alpha value is -0.870. The van der Waals surface area contributed by atoms with Crippen LogP contribution in [0.1, 0.15) is 18.4 Å². The number of hydrogen-bond acceptors (Lipinski definition) is 2. The van der Waals surface area contributed by atoms with Crippen molar-refractivity contribution in [1.29, 1.82) is 0 Å². The molecule has 1 aromatic carbocycles. The summed E-state index contributed by atoms with van der Waals surface area (Å²) in [6.07, 6.45) is 2.34. The summed E-state index contributed by atoms with van der Waals surface area (Å²) >= 11 is 3.42. The van der Waals surface area contributed by atoms with Crippen LogP contribution >= 0.6 is 15.9 Å². The lowest BCUT2D eigenvalue weighted by Gasteiger charge is -2.03. The highest BCUT2D eigenvalue weighted by atomic mass is 79.9. The fraction of sp³-hybridized carbons (Fsp3) is 0.364. The summed E-state index contributed by atoms with van der Waals surface area (Å²) in [4.78, 5) is 11.1. The summed E-state index contributed by atoms with van der Waals surface area (Å²) < 4.78 is 1.08. The molecule has 0 aliphatic rings. The van der Waals surface area contributed by atoms with E-state index in [1.165, 1.54) is 5.56 Å². The molecule has 15 heavy (non-hydrogen) atoms. The van der Waals surface area contributed by atoms with Crippen LogP contribution in [0.3, 0.4) is 0 Å². The molecule has 0 radical (unpaired) electrons. The first-order valence-corrected chi connectivity index (χ1v) is 5.71. The van der Waals surface area contributed by atoms with Gasteiger partial charge in [0.2, 0.25) is 5.91 Å².